The Balaban J connectivity index is 1.82. The average Bonchev–Trinajstić information content (AvgIpc) is 2.65. The number of amides is 2. The molecule has 2 amide bonds. The van der Waals surface area contributed by atoms with Crippen LogP contribution >= 0.6 is 0 Å². The lowest BCUT2D eigenvalue weighted by Crippen LogP contribution is -2.35. The van der Waals surface area contributed by atoms with Crippen molar-refractivity contribution in [2.45, 2.75) is 13.3 Å². The molecule has 0 heterocycles. The number of nitrogens with zero attached hydrogens (tertiary/aromatic N) is 1. The quantitative estimate of drug-likeness (QED) is 0.599. The molecule has 0 fully saturated rings. The van der Waals surface area contributed by atoms with Gasteiger partial charge < -0.3 is 10.1 Å². The molecule has 0 aliphatic rings. The highest BCUT2D eigenvalue weighted by molar-refractivity contribution is 5.98. The number of methoxy groups -OCH3 is 1. The smallest absolute Gasteiger partial charge is 0.259 e. The van der Waals surface area contributed by atoms with Crippen LogP contribution in [0.15, 0.2) is 59.7 Å². The van der Waals surface area contributed by atoms with Crippen molar-refractivity contribution in [2.24, 2.45) is 5.10 Å². The number of ether oxygens (including phenoxy) is 1. The fraction of sp³-hybridized carbons (Fsp3) is 0.211. The molecule has 6 nitrogen and oxygen atoms in total. The number of hydrazone groups is 1. The molecule has 0 saturated carbocycles. The zero-order valence-corrected chi connectivity index (χ0v) is 14.3. The van der Waals surface area contributed by atoms with Gasteiger partial charge in [-0.3, -0.25) is 9.59 Å². The summed E-state index contributed by atoms with van der Waals surface area (Å²) in [5, 5.41) is 6.59. The number of carbonyl (C=O) groups is 2. The minimum Gasteiger partial charge on any atom is -0.496 e. The van der Waals surface area contributed by atoms with E-state index >= 15 is 0 Å². The second-order valence-corrected chi connectivity index (χ2v) is 5.43. The van der Waals surface area contributed by atoms with Gasteiger partial charge in [-0.1, -0.05) is 42.5 Å². The van der Waals surface area contributed by atoms with Crippen LogP contribution in [0.1, 0.15) is 22.8 Å². The van der Waals surface area contributed by atoms with Gasteiger partial charge in [-0.05, 0) is 24.6 Å². The van der Waals surface area contributed by atoms with Crippen LogP contribution in [-0.2, 0) is 11.2 Å². The van der Waals surface area contributed by atoms with Gasteiger partial charge in [-0.25, -0.2) is 5.43 Å². The Morgan fingerprint density at radius 2 is 1.72 bits per heavy atom. The molecular formula is C19H21N3O3. The van der Waals surface area contributed by atoms with E-state index in [0.717, 1.165) is 11.3 Å². The predicted octanol–water partition coefficient (Wildman–Crippen LogP) is 2.16. The van der Waals surface area contributed by atoms with Crippen molar-refractivity contribution in [3.8, 4) is 5.75 Å². The van der Waals surface area contributed by atoms with E-state index < -0.39 is 5.91 Å². The molecule has 0 radical (unpaired) electrons. The molecule has 0 spiro atoms. The molecule has 2 aromatic carbocycles. The lowest BCUT2D eigenvalue weighted by atomic mass is 10.1. The third-order valence-electron chi connectivity index (χ3n) is 3.44. The van der Waals surface area contributed by atoms with Crippen molar-refractivity contribution in [1.29, 1.82) is 0 Å². The lowest BCUT2D eigenvalue weighted by molar-refractivity contribution is -0.120. The molecular weight excluding hydrogens is 318 g/mol. The van der Waals surface area contributed by atoms with E-state index in [-0.39, 0.29) is 12.5 Å². The van der Waals surface area contributed by atoms with Crippen molar-refractivity contribution >= 4 is 17.5 Å². The van der Waals surface area contributed by atoms with E-state index in [1.165, 1.54) is 7.11 Å². The van der Waals surface area contributed by atoms with E-state index in [0.29, 0.717) is 17.7 Å². The molecule has 0 unspecified atom stereocenters. The number of rotatable bonds is 7. The fourth-order valence-corrected chi connectivity index (χ4v) is 2.22. The number of hydrogen-bond acceptors (Lipinski definition) is 4. The zero-order chi connectivity index (χ0) is 18.1. The summed E-state index contributed by atoms with van der Waals surface area (Å²) in [6.07, 6.45) is 0.648. The van der Waals surface area contributed by atoms with Crippen molar-refractivity contribution in [3.05, 3.63) is 65.7 Å². The summed E-state index contributed by atoms with van der Waals surface area (Å²) in [4.78, 5) is 23.9. The maximum absolute atomic E-state index is 12.1. The van der Waals surface area contributed by atoms with Gasteiger partial charge in [0.15, 0.2) is 0 Å². The van der Waals surface area contributed by atoms with Crippen LogP contribution in [0.4, 0.5) is 0 Å². The van der Waals surface area contributed by atoms with E-state index in [1.54, 1.807) is 24.3 Å². The Morgan fingerprint density at radius 1 is 1.04 bits per heavy atom. The minimum absolute atomic E-state index is 0.168. The molecule has 0 atom stereocenters. The molecule has 2 rings (SSSR count). The molecule has 2 aromatic rings. The highest BCUT2D eigenvalue weighted by Gasteiger charge is 2.12. The SMILES string of the molecule is COc1ccccc1C(=O)NCC(=O)N/N=C(/C)Cc1ccccc1. The normalized spacial score (nSPS) is 10.9. The second kappa shape index (κ2) is 9.22. The molecule has 0 bridgehead atoms. The molecule has 0 aliphatic heterocycles. The third-order valence-corrected chi connectivity index (χ3v) is 3.44. The summed E-state index contributed by atoms with van der Waals surface area (Å²) in [7, 11) is 1.49. The lowest BCUT2D eigenvalue weighted by Gasteiger charge is -2.08. The number of hydrogen-bond donors (Lipinski definition) is 2. The minimum atomic E-state index is -0.393. The van der Waals surface area contributed by atoms with Gasteiger partial charge in [0.2, 0.25) is 0 Å². The van der Waals surface area contributed by atoms with Gasteiger partial charge in [0.25, 0.3) is 11.8 Å². The first-order valence-electron chi connectivity index (χ1n) is 7.87. The number of benzene rings is 2. The highest BCUT2D eigenvalue weighted by Crippen LogP contribution is 2.16. The molecule has 0 aromatic heterocycles. The highest BCUT2D eigenvalue weighted by atomic mass is 16.5. The van der Waals surface area contributed by atoms with Gasteiger partial charge in [0.05, 0.1) is 19.2 Å². The van der Waals surface area contributed by atoms with Crippen LogP contribution in [0.2, 0.25) is 0 Å². The van der Waals surface area contributed by atoms with Gasteiger partial charge in [-0.2, -0.15) is 5.10 Å². The Morgan fingerprint density at radius 3 is 2.44 bits per heavy atom. The summed E-state index contributed by atoms with van der Waals surface area (Å²) in [6, 6.07) is 16.7. The molecule has 6 heteroatoms. The van der Waals surface area contributed by atoms with Gasteiger partial charge in [0, 0.05) is 12.1 Å². The third kappa shape index (κ3) is 5.76. The molecule has 2 N–H and O–H groups in total. The van der Waals surface area contributed by atoms with Crippen molar-refractivity contribution < 1.29 is 14.3 Å². The molecule has 0 aliphatic carbocycles. The van der Waals surface area contributed by atoms with E-state index in [9.17, 15) is 9.59 Å². The van der Waals surface area contributed by atoms with Gasteiger partial charge >= 0.3 is 0 Å². The van der Waals surface area contributed by atoms with Crippen LogP contribution in [0, 0.1) is 0 Å². The Bertz CT molecular complexity index is 758. The Kier molecular flexibility index (Phi) is 6.71. The van der Waals surface area contributed by atoms with Crippen LogP contribution in [-0.4, -0.2) is 31.2 Å². The number of carbonyl (C=O) groups excluding carboxylic acids is 2. The summed E-state index contributed by atoms with van der Waals surface area (Å²) in [5.74, 6) is -0.314. The number of nitrogens with one attached hydrogen (secondary N) is 2. The fourth-order valence-electron chi connectivity index (χ4n) is 2.22. The Hall–Kier alpha value is -3.15. The second-order valence-electron chi connectivity index (χ2n) is 5.43. The van der Waals surface area contributed by atoms with Crippen LogP contribution in [0.3, 0.4) is 0 Å². The van der Waals surface area contributed by atoms with Gasteiger partial charge in [-0.15, -0.1) is 0 Å². The summed E-state index contributed by atoms with van der Waals surface area (Å²) >= 11 is 0. The first-order chi connectivity index (χ1) is 12.1. The maximum Gasteiger partial charge on any atom is 0.259 e. The number of para-hydroxylation sites is 1. The van der Waals surface area contributed by atoms with E-state index in [1.807, 2.05) is 37.3 Å². The first-order valence-corrected chi connectivity index (χ1v) is 7.87. The van der Waals surface area contributed by atoms with Crippen LogP contribution in [0.5, 0.6) is 5.75 Å². The van der Waals surface area contributed by atoms with Gasteiger partial charge in [0.1, 0.15) is 5.75 Å². The molecule has 130 valence electrons. The van der Waals surface area contributed by atoms with E-state index in [2.05, 4.69) is 15.8 Å². The summed E-state index contributed by atoms with van der Waals surface area (Å²) in [6.45, 7) is 1.67. The predicted molar refractivity (Wildman–Crippen MR) is 96.7 cm³/mol. The van der Waals surface area contributed by atoms with Crippen LogP contribution < -0.4 is 15.5 Å². The van der Waals surface area contributed by atoms with Crippen molar-refractivity contribution in [3.63, 3.8) is 0 Å². The largest absolute Gasteiger partial charge is 0.496 e. The maximum atomic E-state index is 12.1. The standard InChI is InChI=1S/C19H21N3O3/c1-14(12-15-8-4-3-5-9-15)21-22-18(23)13-20-19(24)16-10-6-7-11-17(16)25-2/h3-11H,12-13H2,1-2H3,(H,20,24)(H,22,23)/b21-14-. The topological polar surface area (TPSA) is 79.8 Å². The molecule has 25 heavy (non-hydrogen) atoms. The molecule has 0 saturated heterocycles. The van der Waals surface area contributed by atoms with Crippen LogP contribution in [0.25, 0.3) is 0 Å². The van der Waals surface area contributed by atoms with E-state index in [4.69, 9.17) is 4.74 Å². The average molecular weight is 339 g/mol. The van der Waals surface area contributed by atoms with Crippen molar-refractivity contribution in [2.75, 3.05) is 13.7 Å². The van der Waals surface area contributed by atoms with Crippen molar-refractivity contribution in [1.82, 2.24) is 10.7 Å². The first kappa shape index (κ1) is 18.2. The summed E-state index contributed by atoms with van der Waals surface area (Å²) < 4.78 is 5.13. The zero-order valence-electron chi connectivity index (χ0n) is 14.3. The summed E-state index contributed by atoms with van der Waals surface area (Å²) in [5.41, 5.74) is 4.70. The monoisotopic (exact) mass is 339 g/mol. The Labute approximate surface area is 146 Å².